The highest BCUT2D eigenvalue weighted by atomic mass is 16.5. The molecule has 0 spiro atoms. The van der Waals surface area contributed by atoms with E-state index >= 15 is 0 Å². The summed E-state index contributed by atoms with van der Waals surface area (Å²) in [4.78, 5) is 8.22. The Balaban J connectivity index is 3.30. The summed E-state index contributed by atoms with van der Waals surface area (Å²) in [7, 11) is 0. The summed E-state index contributed by atoms with van der Waals surface area (Å²) >= 11 is 0. The Morgan fingerprint density at radius 1 is 0.941 bits per heavy atom. The van der Waals surface area contributed by atoms with E-state index in [1.165, 1.54) is 0 Å². The summed E-state index contributed by atoms with van der Waals surface area (Å²) in [6.45, 7) is 6.51. The molecule has 0 bridgehead atoms. The quantitative estimate of drug-likeness (QED) is 0.202. The molecule has 17 heavy (non-hydrogen) atoms. The Morgan fingerprint density at radius 3 is 1.71 bits per heavy atom. The summed E-state index contributed by atoms with van der Waals surface area (Å²) in [5.74, 6) is 0. The molecule has 0 aliphatic carbocycles. The van der Waals surface area contributed by atoms with Crippen LogP contribution in [0.5, 0.6) is 0 Å². The van der Waals surface area contributed by atoms with Crippen LogP contribution < -0.4 is 16.3 Å². The summed E-state index contributed by atoms with van der Waals surface area (Å²) in [5, 5.41) is 20.2. The maximum absolute atomic E-state index is 8.50. The van der Waals surface area contributed by atoms with Gasteiger partial charge in [0.15, 0.2) is 0 Å². The Bertz CT molecular complexity index is 201. The highest BCUT2D eigenvalue weighted by Crippen LogP contribution is 1.76. The molecule has 0 saturated heterocycles. The molecule has 0 saturated carbocycles. The number of hydroxylamine groups is 2. The van der Waals surface area contributed by atoms with E-state index in [4.69, 9.17) is 10.4 Å². The van der Waals surface area contributed by atoms with Crippen LogP contribution in [0.1, 0.15) is 13.8 Å². The third kappa shape index (κ3) is 11.4. The monoisotopic (exact) mass is 245 g/mol. The van der Waals surface area contributed by atoms with Crippen LogP contribution in [0.3, 0.4) is 0 Å². The average Bonchev–Trinajstić information content (AvgIpc) is 2.35. The number of rotatable bonds is 10. The summed E-state index contributed by atoms with van der Waals surface area (Å²) in [5.41, 5.74) is 4.17. The van der Waals surface area contributed by atoms with E-state index in [1.807, 2.05) is 13.8 Å². The molecule has 0 aromatic rings. The minimum Gasteiger partial charge on any atom is -0.316 e. The Hall–Kier alpha value is -0.860. The second-order valence-corrected chi connectivity index (χ2v) is 3.70. The first-order valence-electron chi connectivity index (χ1n) is 5.70. The van der Waals surface area contributed by atoms with Gasteiger partial charge in [-0.05, 0) is 13.8 Å². The number of aliphatic imine (C=N–C) groups is 2. The molecule has 0 aromatic carbocycles. The molecule has 7 heteroatoms. The maximum Gasteiger partial charge on any atom is 0.0639 e. The van der Waals surface area contributed by atoms with Crippen molar-refractivity contribution in [3.8, 4) is 0 Å². The molecule has 0 aliphatic heterocycles. The summed E-state index contributed by atoms with van der Waals surface area (Å²) < 4.78 is 0. The van der Waals surface area contributed by atoms with Gasteiger partial charge in [-0.15, -0.1) is 0 Å². The van der Waals surface area contributed by atoms with Gasteiger partial charge in [-0.1, -0.05) is 0 Å². The van der Waals surface area contributed by atoms with Crippen LogP contribution in [0.25, 0.3) is 0 Å². The van der Waals surface area contributed by atoms with Gasteiger partial charge >= 0.3 is 0 Å². The van der Waals surface area contributed by atoms with Crippen molar-refractivity contribution in [3.63, 3.8) is 0 Å². The second-order valence-electron chi connectivity index (χ2n) is 3.70. The van der Waals surface area contributed by atoms with Gasteiger partial charge in [-0.2, -0.15) is 11.0 Å². The lowest BCUT2D eigenvalue weighted by atomic mass is 10.4. The van der Waals surface area contributed by atoms with Crippen molar-refractivity contribution in [2.75, 3.05) is 26.2 Å². The van der Waals surface area contributed by atoms with Gasteiger partial charge in [0, 0.05) is 25.5 Å². The van der Waals surface area contributed by atoms with Crippen LogP contribution in [0, 0.1) is 0 Å². The molecule has 0 rings (SSSR count). The van der Waals surface area contributed by atoms with Gasteiger partial charge in [-0.25, -0.2) is 0 Å². The van der Waals surface area contributed by atoms with Crippen LogP contribution in [-0.4, -0.2) is 61.1 Å². The van der Waals surface area contributed by atoms with Gasteiger partial charge < -0.3 is 15.7 Å². The second kappa shape index (κ2) is 11.6. The van der Waals surface area contributed by atoms with Crippen LogP contribution in [0.15, 0.2) is 9.98 Å². The van der Waals surface area contributed by atoms with Gasteiger partial charge in [0.1, 0.15) is 0 Å². The third-order valence-electron chi connectivity index (χ3n) is 1.90. The fourth-order valence-corrected chi connectivity index (χ4v) is 0.944. The average molecular weight is 245 g/mol. The minimum atomic E-state index is -0.118. The summed E-state index contributed by atoms with van der Waals surface area (Å²) in [6, 6.07) is -0.237. The van der Waals surface area contributed by atoms with E-state index in [9.17, 15) is 0 Å². The van der Waals surface area contributed by atoms with Gasteiger partial charge in [0.25, 0.3) is 0 Å². The zero-order valence-electron chi connectivity index (χ0n) is 10.4. The van der Waals surface area contributed by atoms with E-state index in [1.54, 1.807) is 12.4 Å². The fraction of sp³-hybridized carbons (Fsp3) is 0.800. The predicted molar refractivity (Wildman–Crippen MR) is 68.4 cm³/mol. The highest BCUT2D eigenvalue weighted by Gasteiger charge is 1.92. The first-order chi connectivity index (χ1) is 8.20. The van der Waals surface area contributed by atoms with E-state index in [0.29, 0.717) is 13.1 Å². The number of hydrogen-bond acceptors (Lipinski definition) is 7. The molecule has 100 valence electrons. The molecular formula is C10H23N5O2. The molecule has 0 aliphatic rings. The molecule has 5 N–H and O–H groups in total. The van der Waals surface area contributed by atoms with E-state index in [0.717, 1.165) is 13.1 Å². The van der Waals surface area contributed by atoms with Crippen molar-refractivity contribution in [2.24, 2.45) is 9.98 Å². The standard InChI is InChI=1S/C10H23N5O2/c1-9(14-16)7-12-5-3-11-4-6-13-8-10(2)15-17/h7-11,14-17H,3-6H2,1-2H3. The largest absolute Gasteiger partial charge is 0.316 e. The normalized spacial score (nSPS) is 15.8. The lowest BCUT2D eigenvalue weighted by Crippen LogP contribution is -2.25. The molecular weight excluding hydrogens is 222 g/mol. The van der Waals surface area contributed by atoms with Crippen LogP contribution in [0.2, 0.25) is 0 Å². The van der Waals surface area contributed by atoms with Crippen LogP contribution in [0.4, 0.5) is 0 Å². The van der Waals surface area contributed by atoms with Crippen molar-refractivity contribution < 1.29 is 10.4 Å². The van der Waals surface area contributed by atoms with Crippen molar-refractivity contribution in [1.82, 2.24) is 16.3 Å². The van der Waals surface area contributed by atoms with Crippen molar-refractivity contribution in [3.05, 3.63) is 0 Å². The molecule has 0 amide bonds. The zero-order valence-corrected chi connectivity index (χ0v) is 10.4. The maximum atomic E-state index is 8.50. The molecule has 0 aromatic heterocycles. The van der Waals surface area contributed by atoms with Gasteiger partial charge in [0.05, 0.1) is 25.2 Å². The van der Waals surface area contributed by atoms with Crippen molar-refractivity contribution in [2.45, 2.75) is 25.9 Å². The van der Waals surface area contributed by atoms with E-state index in [2.05, 4.69) is 26.3 Å². The Labute approximate surface area is 102 Å². The molecule has 2 unspecified atom stereocenters. The topological polar surface area (TPSA) is 101 Å². The lowest BCUT2D eigenvalue weighted by molar-refractivity contribution is 0.157. The van der Waals surface area contributed by atoms with Gasteiger partial charge in [0.2, 0.25) is 0 Å². The smallest absolute Gasteiger partial charge is 0.0639 e. The number of nitrogens with one attached hydrogen (secondary N) is 3. The Morgan fingerprint density at radius 2 is 1.35 bits per heavy atom. The molecule has 0 fully saturated rings. The number of hydrogen-bond donors (Lipinski definition) is 5. The number of nitrogens with zero attached hydrogens (tertiary/aromatic N) is 2. The Kier molecular flexibility index (Phi) is 11.0. The van der Waals surface area contributed by atoms with E-state index in [-0.39, 0.29) is 12.1 Å². The lowest BCUT2D eigenvalue weighted by Gasteiger charge is -2.02. The molecule has 0 heterocycles. The minimum absolute atomic E-state index is 0.118. The van der Waals surface area contributed by atoms with Gasteiger partial charge in [-0.3, -0.25) is 9.98 Å². The SMILES string of the molecule is CC(C=NCCNCCN=CC(C)NO)NO. The first-order valence-corrected chi connectivity index (χ1v) is 5.70. The molecule has 2 atom stereocenters. The van der Waals surface area contributed by atoms with Crippen LogP contribution >= 0.6 is 0 Å². The predicted octanol–water partition coefficient (Wildman–Crippen LogP) is -0.548. The van der Waals surface area contributed by atoms with Crippen molar-refractivity contribution in [1.29, 1.82) is 0 Å². The highest BCUT2D eigenvalue weighted by molar-refractivity contribution is 5.63. The fourth-order valence-electron chi connectivity index (χ4n) is 0.944. The molecule has 0 radical (unpaired) electrons. The van der Waals surface area contributed by atoms with Crippen molar-refractivity contribution >= 4 is 12.4 Å². The van der Waals surface area contributed by atoms with Crippen LogP contribution in [-0.2, 0) is 0 Å². The van der Waals surface area contributed by atoms with E-state index < -0.39 is 0 Å². The summed E-state index contributed by atoms with van der Waals surface area (Å²) in [6.07, 6.45) is 3.32. The molecule has 7 nitrogen and oxygen atoms in total. The first kappa shape index (κ1) is 16.1. The third-order valence-corrected chi connectivity index (χ3v) is 1.90. The zero-order chi connectivity index (χ0) is 12.9.